The Morgan fingerprint density at radius 2 is 0.983 bits per heavy atom. The number of aromatic amines is 2. The number of para-hydroxylation sites is 1. The molecule has 274 valence electrons. The lowest BCUT2D eigenvalue weighted by atomic mass is 10.0. The number of nitrogens with one attached hydrogen (secondary N) is 3. The van der Waals surface area contributed by atoms with E-state index in [4.69, 9.17) is 15.0 Å². The molecule has 0 saturated carbocycles. The average Bonchev–Trinajstić information content (AvgIpc) is 4.13. The van der Waals surface area contributed by atoms with Crippen LogP contribution in [-0.2, 0) is 0 Å². The van der Waals surface area contributed by atoms with Crippen molar-refractivity contribution in [3.63, 3.8) is 0 Å². The van der Waals surface area contributed by atoms with Crippen LogP contribution in [0.4, 0.5) is 10.8 Å². The highest BCUT2D eigenvalue weighted by molar-refractivity contribution is 7.23. The van der Waals surface area contributed by atoms with Crippen LogP contribution in [0.3, 0.4) is 0 Å². The maximum absolute atomic E-state index is 5.49. The van der Waals surface area contributed by atoms with Crippen LogP contribution in [0.25, 0.3) is 77.8 Å². The van der Waals surface area contributed by atoms with Crippen molar-refractivity contribution in [3.05, 3.63) is 210 Å². The monoisotopic (exact) mass is 762 g/mol. The van der Waals surface area contributed by atoms with Crippen molar-refractivity contribution in [1.29, 1.82) is 0 Å². The molecule has 4 aromatic heterocycles. The van der Waals surface area contributed by atoms with Crippen LogP contribution in [-0.4, -0.2) is 24.9 Å². The molecule has 0 radical (unpaired) electrons. The van der Waals surface area contributed by atoms with Gasteiger partial charge >= 0.3 is 0 Å². The van der Waals surface area contributed by atoms with E-state index >= 15 is 0 Å². The molecule has 8 bridgehead atoms. The highest BCUT2D eigenvalue weighted by Crippen LogP contribution is 2.42. The van der Waals surface area contributed by atoms with E-state index < -0.39 is 0 Å². The number of H-pyrrole nitrogens is 2. The number of hydrogen-bond donors (Lipinski definition) is 3. The van der Waals surface area contributed by atoms with E-state index in [0.29, 0.717) is 0 Å². The Bertz CT molecular complexity index is 3220. The van der Waals surface area contributed by atoms with Crippen LogP contribution >= 0.6 is 11.3 Å². The average molecular weight is 763 g/mol. The van der Waals surface area contributed by atoms with Gasteiger partial charge in [-0.15, -0.1) is 0 Å². The molecule has 58 heavy (non-hydrogen) atoms. The van der Waals surface area contributed by atoms with Gasteiger partial charge in [0.1, 0.15) is 5.52 Å². The first-order valence-electron chi connectivity index (χ1n) is 19.3. The van der Waals surface area contributed by atoms with Gasteiger partial charge in [-0.25, -0.2) is 15.0 Å². The Morgan fingerprint density at radius 3 is 1.66 bits per heavy atom. The van der Waals surface area contributed by atoms with Crippen molar-refractivity contribution in [2.45, 2.75) is 0 Å². The fourth-order valence-corrected chi connectivity index (χ4v) is 8.85. The summed E-state index contributed by atoms with van der Waals surface area (Å²) in [7, 11) is 0. The Labute approximate surface area is 338 Å². The Balaban J connectivity index is 1.30. The second kappa shape index (κ2) is 14.2. The van der Waals surface area contributed by atoms with E-state index in [1.54, 1.807) is 11.3 Å². The normalized spacial score (nSPS) is 12.3. The number of anilines is 2. The summed E-state index contributed by atoms with van der Waals surface area (Å²) in [5.41, 5.74) is 17.5. The van der Waals surface area contributed by atoms with Gasteiger partial charge in [-0.1, -0.05) is 151 Å². The van der Waals surface area contributed by atoms with Gasteiger partial charge in [0.15, 0.2) is 5.13 Å². The van der Waals surface area contributed by atoms with Gasteiger partial charge in [-0.05, 0) is 70.8 Å². The molecule has 3 N–H and O–H groups in total. The molecule has 2 aliphatic rings. The molecule has 0 amide bonds. The van der Waals surface area contributed by atoms with Gasteiger partial charge in [-0.2, -0.15) is 0 Å². The maximum atomic E-state index is 5.49. The lowest BCUT2D eigenvalue weighted by molar-refractivity contribution is 1.30. The molecule has 0 atom stereocenters. The summed E-state index contributed by atoms with van der Waals surface area (Å²) >= 11 is 1.62. The van der Waals surface area contributed by atoms with Gasteiger partial charge < -0.3 is 15.3 Å². The predicted octanol–water partition coefficient (Wildman–Crippen LogP) is 13.2. The minimum atomic E-state index is 0.769. The van der Waals surface area contributed by atoms with Gasteiger partial charge in [0.2, 0.25) is 0 Å². The SMILES string of the molecule is C1=C(c2ccccc2)c2ccc3[nH]c(cc3-c3ccccc3)c3nc(c4nc(Nc5ccccc5)sc4c4[nH]c(cc4-c4ccccc4)c1n2)C(c1ccccc1)=C3. The summed E-state index contributed by atoms with van der Waals surface area (Å²) in [6.07, 6.45) is 4.39. The van der Waals surface area contributed by atoms with Crippen LogP contribution < -0.4 is 5.32 Å². The van der Waals surface area contributed by atoms with E-state index in [9.17, 15) is 0 Å². The van der Waals surface area contributed by atoms with Crippen LogP contribution in [0.2, 0.25) is 0 Å². The summed E-state index contributed by atoms with van der Waals surface area (Å²) in [6.45, 7) is 0. The fourth-order valence-electron chi connectivity index (χ4n) is 7.85. The molecular formula is C51H34N6S. The summed E-state index contributed by atoms with van der Waals surface area (Å²) in [5, 5.41) is 4.37. The molecule has 6 heterocycles. The van der Waals surface area contributed by atoms with Crippen molar-refractivity contribution in [1.82, 2.24) is 24.9 Å². The molecule has 0 spiro atoms. The lowest BCUT2D eigenvalue weighted by Gasteiger charge is -2.03. The number of thiazole rings is 1. The minimum absolute atomic E-state index is 0.769. The van der Waals surface area contributed by atoms with Gasteiger partial charge in [-0.3, -0.25) is 0 Å². The van der Waals surface area contributed by atoms with Gasteiger partial charge in [0.05, 0.1) is 44.0 Å². The van der Waals surface area contributed by atoms with E-state index in [1.165, 1.54) is 0 Å². The summed E-state index contributed by atoms with van der Waals surface area (Å²) in [4.78, 5) is 23.9. The van der Waals surface area contributed by atoms with Crippen molar-refractivity contribution < 1.29 is 0 Å². The number of nitrogens with zero attached hydrogens (tertiary/aromatic N) is 3. The fraction of sp³-hybridized carbons (Fsp3) is 0. The van der Waals surface area contributed by atoms with E-state index in [0.717, 1.165) is 110 Å². The van der Waals surface area contributed by atoms with Gasteiger partial charge in [0.25, 0.3) is 0 Å². The topological polar surface area (TPSA) is 82.3 Å². The quantitative estimate of drug-likeness (QED) is 0.158. The zero-order valence-corrected chi connectivity index (χ0v) is 32.0. The third-order valence-corrected chi connectivity index (χ3v) is 11.6. The second-order valence-corrected chi connectivity index (χ2v) is 15.3. The highest BCUT2D eigenvalue weighted by Gasteiger charge is 2.23. The van der Waals surface area contributed by atoms with Crippen LogP contribution in [0.1, 0.15) is 33.9 Å². The highest BCUT2D eigenvalue weighted by atomic mass is 32.1. The van der Waals surface area contributed by atoms with Crippen LogP contribution in [0.15, 0.2) is 176 Å². The van der Waals surface area contributed by atoms with Crippen molar-refractivity contribution >= 4 is 77.7 Å². The Kier molecular flexibility index (Phi) is 8.23. The van der Waals surface area contributed by atoms with E-state index in [2.05, 4.69) is 167 Å². The largest absolute Gasteiger partial charge is 0.353 e. The van der Waals surface area contributed by atoms with Crippen molar-refractivity contribution in [2.75, 3.05) is 5.32 Å². The smallest absolute Gasteiger partial charge is 0.188 e. The molecule has 0 fully saturated rings. The first-order chi connectivity index (χ1) is 28.7. The molecule has 5 aromatic carbocycles. The van der Waals surface area contributed by atoms with E-state index in [-0.39, 0.29) is 0 Å². The number of hydrogen-bond acceptors (Lipinski definition) is 5. The number of rotatable bonds is 6. The number of benzene rings is 5. The van der Waals surface area contributed by atoms with E-state index in [1.807, 2.05) is 36.4 Å². The molecule has 6 nitrogen and oxygen atoms in total. The number of fused-ring (bicyclic) bond motifs is 13. The predicted molar refractivity (Wildman–Crippen MR) is 242 cm³/mol. The molecule has 0 aliphatic carbocycles. The molecule has 0 unspecified atom stereocenters. The molecule has 0 saturated heterocycles. The maximum Gasteiger partial charge on any atom is 0.188 e. The lowest BCUT2D eigenvalue weighted by Crippen LogP contribution is -1.90. The third kappa shape index (κ3) is 6.11. The second-order valence-electron chi connectivity index (χ2n) is 14.3. The summed E-state index contributed by atoms with van der Waals surface area (Å²) in [6, 6.07) is 60.9. The third-order valence-electron chi connectivity index (χ3n) is 10.6. The van der Waals surface area contributed by atoms with Crippen LogP contribution in [0.5, 0.6) is 0 Å². The van der Waals surface area contributed by atoms with Crippen molar-refractivity contribution in [3.8, 4) is 22.3 Å². The molecule has 9 aromatic rings. The molecular weight excluding hydrogens is 729 g/mol. The zero-order chi connectivity index (χ0) is 38.4. The standard InChI is InChI=1S/C51H34N6S/c1-6-16-32(17-7-1)37-28-43-45-30-39(34-20-10-3-11-21-34)47(55-45)49-50(58-51(57-49)52-36-24-14-5-15-25-36)48-40(35-22-12-4-13-23-35)31-46(56-48)44-29-38(33-18-8-2-9-19-33)42(54-44)27-26-41(37)53-43/h1-31,53,56H,(H,52,57). The zero-order valence-electron chi connectivity index (χ0n) is 31.1. The Morgan fingerprint density at radius 1 is 0.448 bits per heavy atom. The summed E-state index contributed by atoms with van der Waals surface area (Å²) < 4.78 is 0.976. The molecule has 11 rings (SSSR count). The molecule has 2 aliphatic heterocycles. The first kappa shape index (κ1) is 33.7. The molecule has 7 heteroatoms. The van der Waals surface area contributed by atoms with Crippen LogP contribution in [0, 0.1) is 0 Å². The minimum Gasteiger partial charge on any atom is -0.353 e. The first-order valence-corrected chi connectivity index (χ1v) is 20.1. The summed E-state index contributed by atoms with van der Waals surface area (Å²) in [5.74, 6) is 0. The van der Waals surface area contributed by atoms with Crippen molar-refractivity contribution in [2.24, 2.45) is 0 Å². The number of aromatic nitrogens is 5. The van der Waals surface area contributed by atoms with Gasteiger partial charge in [0, 0.05) is 33.5 Å². The Hall–Kier alpha value is -7.61.